The minimum atomic E-state index is -4.20. The van der Waals surface area contributed by atoms with Crippen LogP contribution >= 0.6 is 12.6 Å². The van der Waals surface area contributed by atoms with Crippen LogP contribution in [0.2, 0.25) is 0 Å². The molecule has 2 aliphatic rings. The van der Waals surface area contributed by atoms with Crippen molar-refractivity contribution >= 4 is 22.7 Å². The number of nitrogens with zero attached hydrogens (tertiary/aromatic N) is 3. The topological polar surface area (TPSA) is 97.2 Å². The predicted octanol–water partition coefficient (Wildman–Crippen LogP) is -2.75. The van der Waals surface area contributed by atoms with E-state index in [0.29, 0.717) is 12.8 Å². The minimum absolute atomic E-state index is 0. The summed E-state index contributed by atoms with van der Waals surface area (Å²) in [7, 11) is -4.20. The fourth-order valence-electron chi connectivity index (χ4n) is 2.14. The molecule has 1 aliphatic heterocycles. The van der Waals surface area contributed by atoms with Gasteiger partial charge in [-0.3, -0.25) is 0 Å². The number of thiol groups is 1. The molecule has 0 aromatic carbocycles. The van der Waals surface area contributed by atoms with Crippen LogP contribution in [0.3, 0.4) is 0 Å². The third-order valence-electron chi connectivity index (χ3n) is 2.97. The van der Waals surface area contributed by atoms with Crippen molar-refractivity contribution in [2.24, 2.45) is 10.3 Å². The van der Waals surface area contributed by atoms with Crippen molar-refractivity contribution in [3.05, 3.63) is 0 Å². The molecule has 0 spiro atoms. The zero-order valence-electron chi connectivity index (χ0n) is 9.48. The minimum Gasteiger partial charge on any atom is -0.748 e. The zero-order valence-corrected chi connectivity index (χ0v) is 13.2. The summed E-state index contributed by atoms with van der Waals surface area (Å²) in [6, 6.07) is -0.0556. The quantitative estimate of drug-likeness (QED) is 0.326. The van der Waals surface area contributed by atoms with Crippen molar-refractivity contribution in [3.8, 4) is 0 Å². The zero-order chi connectivity index (χ0) is 11.8. The number of hydrazine groups is 1. The first-order valence-corrected chi connectivity index (χ1v) is 7.04. The van der Waals surface area contributed by atoms with Crippen LogP contribution in [-0.2, 0) is 10.1 Å². The van der Waals surface area contributed by atoms with Gasteiger partial charge in [-0.1, -0.05) is 11.6 Å². The maximum atomic E-state index is 11.0. The molecule has 0 radical (unpaired) electrons. The maximum Gasteiger partial charge on any atom is 1.00 e. The summed E-state index contributed by atoms with van der Waals surface area (Å²) < 4.78 is 32.9. The van der Waals surface area contributed by atoms with Gasteiger partial charge in [0, 0.05) is 6.04 Å². The number of rotatable bonds is 2. The third-order valence-corrected chi connectivity index (χ3v) is 4.57. The molecule has 0 aromatic rings. The second kappa shape index (κ2) is 6.18. The van der Waals surface area contributed by atoms with Gasteiger partial charge in [0.25, 0.3) is 0 Å². The van der Waals surface area contributed by atoms with Gasteiger partial charge >= 0.3 is 29.6 Å². The number of hydrogen-bond donors (Lipinski definition) is 2. The normalized spacial score (nSPS) is 34.1. The Bertz CT molecular complexity index is 391. The van der Waals surface area contributed by atoms with Crippen molar-refractivity contribution in [1.29, 1.82) is 0 Å². The summed E-state index contributed by atoms with van der Waals surface area (Å²) in [6.07, 6.45) is 2.30. The maximum absolute atomic E-state index is 11.0. The van der Waals surface area contributed by atoms with E-state index in [1.807, 2.05) is 0 Å². The van der Waals surface area contributed by atoms with Gasteiger partial charge in [0.05, 0.1) is 15.4 Å². The third kappa shape index (κ3) is 3.79. The second-order valence-corrected chi connectivity index (χ2v) is 6.12. The van der Waals surface area contributed by atoms with E-state index in [4.69, 9.17) is 0 Å². The molecular weight excluding hydrogens is 275 g/mol. The van der Waals surface area contributed by atoms with Crippen LogP contribution in [0, 0.1) is 0 Å². The van der Waals surface area contributed by atoms with Gasteiger partial charge in [0.2, 0.25) is 0 Å². The Morgan fingerprint density at radius 3 is 2.65 bits per heavy atom. The van der Waals surface area contributed by atoms with Gasteiger partial charge in [0.1, 0.15) is 0 Å². The Labute approximate surface area is 128 Å². The van der Waals surface area contributed by atoms with Crippen LogP contribution in [0.15, 0.2) is 10.3 Å². The molecule has 0 aromatic heterocycles. The molecule has 3 atom stereocenters. The molecule has 0 amide bonds. The average molecular weight is 288 g/mol. The van der Waals surface area contributed by atoms with Gasteiger partial charge in [0.15, 0.2) is 5.50 Å². The van der Waals surface area contributed by atoms with E-state index in [-0.39, 0.29) is 35.6 Å². The van der Waals surface area contributed by atoms with Crippen molar-refractivity contribution < 1.29 is 42.5 Å². The molecule has 2 rings (SSSR count). The van der Waals surface area contributed by atoms with Gasteiger partial charge in [-0.15, -0.1) is 17.7 Å². The van der Waals surface area contributed by atoms with Gasteiger partial charge in [-0.25, -0.2) is 14.0 Å². The van der Waals surface area contributed by atoms with Crippen LogP contribution in [0.4, 0.5) is 0 Å². The summed E-state index contributed by atoms with van der Waals surface area (Å²) in [5.74, 6) is 0. The average Bonchev–Trinajstić information content (AvgIpc) is 2.63. The SMILES string of the molecule is O=S(=O)([O-])C1CCCC(N2NN=NC2S)C1.[Na+]. The van der Waals surface area contributed by atoms with Crippen molar-refractivity contribution in [3.63, 3.8) is 0 Å². The van der Waals surface area contributed by atoms with E-state index in [9.17, 15) is 13.0 Å². The smallest absolute Gasteiger partial charge is 0.748 e. The first kappa shape index (κ1) is 15.7. The summed E-state index contributed by atoms with van der Waals surface area (Å²) in [5.41, 5.74) is 2.26. The Morgan fingerprint density at radius 2 is 2.12 bits per heavy atom. The molecular formula is C7H13N4NaO3S2. The van der Waals surface area contributed by atoms with Crippen molar-refractivity contribution in [1.82, 2.24) is 10.5 Å². The summed E-state index contributed by atoms with van der Waals surface area (Å²) in [6.45, 7) is 0. The molecule has 0 saturated heterocycles. The Morgan fingerprint density at radius 1 is 1.41 bits per heavy atom. The summed E-state index contributed by atoms with van der Waals surface area (Å²) in [5, 5.41) is 8.25. The summed E-state index contributed by atoms with van der Waals surface area (Å²) in [4.78, 5) is 0. The van der Waals surface area contributed by atoms with E-state index in [1.54, 1.807) is 5.01 Å². The Hall–Kier alpha value is 0.620. The first-order chi connectivity index (χ1) is 7.48. The van der Waals surface area contributed by atoms with Crippen LogP contribution in [0.1, 0.15) is 25.7 Å². The molecule has 10 heteroatoms. The standard InChI is InChI=1S/C7H14N4O3S2.Na/c12-16(13,14)6-3-1-2-5(4-6)11-7(15)8-9-10-11;/h5-7,15H,1-4H2,(H,8,10)(H,12,13,14);/q;+1/p-1. The molecule has 1 saturated carbocycles. The van der Waals surface area contributed by atoms with Gasteiger partial charge < -0.3 is 4.55 Å². The molecule has 7 nitrogen and oxygen atoms in total. The van der Waals surface area contributed by atoms with Crippen molar-refractivity contribution in [2.45, 2.75) is 42.5 Å². The van der Waals surface area contributed by atoms with Crippen LogP contribution < -0.4 is 35.1 Å². The van der Waals surface area contributed by atoms with E-state index in [0.717, 1.165) is 12.8 Å². The fourth-order valence-corrected chi connectivity index (χ4v) is 3.35. The molecule has 1 fully saturated rings. The van der Waals surface area contributed by atoms with Crippen LogP contribution in [0.5, 0.6) is 0 Å². The Kier molecular flexibility index (Phi) is 5.70. The molecule has 1 aliphatic carbocycles. The van der Waals surface area contributed by atoms with E-state index in [1.165, 1.54) is 0 Å². The molecule has 0 bridgehead atoms. The number of hydrogen-bond acceptors (Lipinski definition) is 8. The van der Waals surface area contributed by atoms with Crippen LogP contribution in [-0.4, -0.2) is 34.8 Å². The van der Waals surface area contributed by atoms with E-state index in [2.05, 4.69) is 28.5 Å². The van der Waals surface area contributed by atoms with Gasteiger partial charge in [-0.05, 0) is 19.3 Å². The molecule has 92 valence electrons. The molecule has 3 unspecified atom stereocenters. The largest absolute Gasteiger partial charge is 1.00 e. The predicted molar refractivity (Wildman–Crippen MR) is 58.3 cm³/mol. The molecule has 1 N–H and O–H groups in total. The Balaban J connectivity index is 0.00000144. The van der Waals surface area contributed by atoms with Crippen molar-refractivity contribution in [2.75, 3.05) is 0 Å². The summed E-state index contributed by atoms with van der Waals surface area (Å²) >= 11 is 4.18. The molecule has 17 heavy (non-hydrogen) atoms. The number of nitrogens with one attached hydrogen (secondary N) is 1. The fraction of sp³-hybridized carbons (Fsp3) is 1.00. The monoisotopic (exact) mass is 288 g/mol. The molecule has 1 heterocycles. The first-order valence-electron chi connectivity index (χ1n) is 5.05. The van der Waals surface area contributed by atoms with E-state index >= 15 is 0 Å². The second-order valence-electron chi connectivity index (χ2n) is 4.00. The van der Waals surface area contributed by atoms with Crippen LogP contribution in [0.25, 0.3) is 0 Å². The van der Waals surface area contributed by atoms with Gasteiger partial charge in [-0.2, -0.15) is 5.01 Å². The van der Waals surface area contributed by atoms with E-state index < -0.39 is 20.9 Å².